The fourth-order valence-corrected chi connectivity index (χ4v) is 4.69. The smallest absolute Gasteiger partial charge is 0.290 e. The SMILES string of the molecule is CN(c1nc2nnc(-c3ccc(-c4cn[nH]c4)cc3O)cc2s1)[C@@H]1CCNC[C@H]1F.O=CO. The summed E-state index contributed by atoms with van der Waals surface area (Å²) in [5, 5.41) is 36.4. The van der Waals surface area contributed by atoms with E-state index in [4.69, 9.17) is 9.90 Å². The van der Waals surface area contributed by atoms with Crippen molar-refractivity contribution in [2.75, 3.05) is 25.0 Å². The third-order valence-electron chi connectivity index (χ3n) is 5.42. The minimum Gasteiger partial charge on any atom is -0.507 e. The lowest BCUT2D eigenvalue weighted by molar-refractivity contribution is -0.122. The fourth-order valence-electron chi connectivity index (χ4n) is 3.74. The Labute approximate surface area is 192 Å². The van der Waals surface area contributed by atoms with Gasteiger partial charge in [0.1, 0.15) is 11.9 Å². The van der Waals surface area contributed by atoms with Gasteiger partial charge in [-0.05, 0) is 36.7 Å². The Kier molecular flexibility index (Phi) is 6.75. The highest BCUT2D eigenvalue weighted by Gasteiger charge is 2.30. The summed E-state index contributed by atoms with van der Waals surface area (Å²) >= 11 is 1.45. The summed E-state index contributed by atoms with van der Waals surface area (Å²) in [6.07, 6.45) is 3.24. The van der Waals surface area contributed by atoms with Gasteiger partial charge in [0.2, 0.25) is 0 Å². The minimum absolute atomic E-state index is 0.110. The number of aromatic hydroxyl groups is 1. The van der Waals surface area contributed by atoms with Crippen molar-refractivity contribution in [1.82, 2.24) is 30.7 Å². The van der Waals surface area contributed by atoms with Crippen molar-refractivity contribution in [3.05, 3.63) is 36.7 Å². The van der Waals surface area contributed by atoms with E-state index in [1.165, 1.54) is 11.3 Å². The molecule has 172 valence electrons. The molecule has 0 unspecified atom stereocenters. The molecule has 0 aliphatic carbocycles. The standard InChI is InChI=1S/C20H20FN7OS.CH2O2/c1-28(16-4-5-22-10-14(16)21)20-25-19-18(30-20)7-15(26-27-19)13-3-2-11(6-17(13)29)12-8-23-24-9-12;2-1-3/h2-3,6-9,14,16,22,29H,4-5,10H2,1H3,(H,23,24);1H,(H,2,3)/t14-,16-;/m1./s1. The highest BCUT2D eigenvalue weighted by Crippen LogP contribution is 2.35. The summed E-state index contributed by atoms with van der Waals surface area (Å²) in [6, 6.07) is 7.04. The van der Waals surface area contributed by atoms with Gasteiger partial charge in [0.25, 0.3) is 6.47 Å². The van der Waals surface area contributed by atoms with Crippen LogP contribution in [0.4, 0.5) is 9.52 Å². The Hall–Kier alpha value is -3.64. The average molecular weight is 472 g/mol. The van der Waals surface area contributed by atoms with Gasteiger partial charge in [-0.1, -0.05) is 17.4 Å². The van der Waals surface area contributed by atoms with E-state index >= 15 is 0 Å². The molecular formula is C21H22FN7O3S. The van der Waals surface area contributed by atoms with Crippen LogP contribution in [0.15, 0.2) is 36.7 Å². The van der Waals surface area contributed by atoms with Crippen molar-refractivity contribution < 1.29 is 19.4 Å². The van der Waals surface area contributed by atoms with Gasteiger partial charge in [-0.25, -0.2) is 4.39 Å². The number of piperidine rings is 1. The minimum atomic E-state index is -0.942. The zero-order valence-corrected chi connectivity index (χ0v) is 18.5. The second-order valence-electron chi connectivity index (χ2n) is 7.43. The van der Waals surface area contributed by atoms with Gasteiger partial charge in [-0.15, -0.1) is 10.2 Å². The maximum Gasteiger partial charge on any atom is 0.290 e. The molecular weight excluding hydrogens is 449 g/mol. The Balaban J connectivity index is 0.000000821. The monoisotopic (exact) mass is 471 g/mol. The Morgan fingerprint density at radius 3 is 2.79 bits per heavy atom. The van der Waals surface area contributed by atoms with Gasteiger partial charge < -0.3 is 20.4 Å². The van der Waals surface area contributed by atoms with E-state index < -0.39 is 6.17 Å². The summed E-state index contributed by atoms with van der Waals surface area (Å²) in [5.74, 6) is 0.110. The molecule has 0 radical (unpaired) electrons. The lowest BCUT2D eigenvalue weighted by Gasteiger charge is -2.33. The molecule has 1 fully saturated rings. The number of aromatic amines is 1. The van der Waals surface area contributed by atoms with Gasteiger partial charge in [-0.3, -0.25) is 9.89 Å². The van der Waals surface area contributed by atoms with E-state index in [-0.39, 0.29) is 18.3 Å². The number of benzene rings is 1. The van der Waals surface area contributed by atoms with Crippen molar-refractivity contribution in [1.29, 1.82) is 0 Å². The summed E-state index contributed by atoms with van der Waals surface area (Å²) in [7, 11) is 1.87. The number of phenols is 1. The number of rotatable bonds is 4. The normalized spacial score (nSPS) is 17.9. The first-order valence-corrected chi connectivity index (χ1v) is 11.0. The third-order valence-corrected chi connectivity index (χ3v) is 6.50. The lowest BCUT2D eigenvalue weighted by Crippen LogP contribution is -2.49. The van der Waals surface area contributed by atoms with Gasteiger partial charge in [0.05, 0.1) is 22.6 Å². The molecule has 1 aliphatic heterocycles. The van der Waals surface area contributed by atoms with E-state index in [1.807, 2.05) is 30.1 Å². The molecule has 2 atom stereocenters. The van der Waals surface area contributed by atoms with E-state index in [1.54, 1.807) is 18.5 Å². The van der Waals surface area contributed by atoms with Gasteiger partial charge in [0.15, 0.2) is 10.8 Å². The van der Waals surface area contributed by atoms with Crippen LogP contribution >= 0.6 is 11.3 Å². The molecule has 0 saturated carbocycles. The first-order valence-electron chi connectivity index (χ1n) is 10.1. The molecule has 0 bridgehead atoms. The largest absolute Gasteiger partial charge is 0.507 e. The first-order chi connectivity index (χ1) is 16.0. The summed E-state index contributed by atoms with van der Waals surface area (Å²) in [5.41, 5.74) is 3.40. The first kappa shape index (κ1) is 22.6. The summed E-state index contributed by atoms with van der Waals surface area (Å²) < 4.78 is 15.2. The van der Waals surface area contributed by atoms with E-state index in [0.29, 0.717) is 28.6 Å². The molecule has 10 nitrogen and oxygen atoms in total. The van der Waals surface area contributed by atoms with Crippen molar-refractivity contribution in [3.63, 3.8) is 0 Å². The third kappa shape index (κ3) is 4.76. The molecule has 3 aromatic heterocycles. The van der Waals surface area contributed by atoms with E-state index in [0.717, 1.165) is 28.8 Å². The highest BCUT2D eigenvalue weighted by molar-refractivity contribution is 7.22. The molecule has 4 heterocycles. The number of anilines is 1. The van der Waals surface area contributed by atoms with E-state index in [2.05, 4.69) is 30.7 Å². The number of fused-ring (bicyclic) bond motifs is 1. The summed E-state index contributed by atoms with van der Waals surface area (Å²) in [4.78, 5) is 14.8. The van der Waals surface area contributed by atoms with Crippen molar-refractivity contribution in [2.24, 2.45) is 0 Å². The molecule has 33 heavy (non-hydrogen) atoms. The number of phenolic OH excluding ortho intramolecular Hbond substituents is 1. The zero-order chi connectivity index (χ0) is 23.4. The maximum absolute atomic E-state index is 14.3. The number of aromatic nitrogens is 5. The van der Waals surface area contributed by atoms with Crippen LogP contribution in [0.25, 0.3) is 32.7 Å². The van der Waals surface area contributed by atoms with Crippen LogP contribution in [0.3, 0.4) is 0 Å². The zero-order valence-electron chi connectivity index (χ0n) is 17.6. The molecule has 1 aromatic carbocycles. The van der Waals surface area contributed by atoms with Crippen LogP contribution in [-0.2, 0) is 4.79 Å². The van der Waals surface area contributed by atoms with Crippen LogP contribution in [0.5, 0.6) is 5.75 Å². The van der Waals surface area contributed by atoms with Gasteiger partial charge in [0, 0.05) is 30.9 Å². The highest BCUT2D eigenvalue weighted by atomic mass is 32.1. The number of hydrogen-bond donors (Lipinski definition) is 4. The van der Waals surface area contributed by atoms with Crippen molar-refractivity contribution >= 4 is 33.3 Å². The van der Waals surface area contributed by atoms with Crippen LogP contribution in [0.1, 0.15) is 6.42 Å². The predicted molar refractivity (Wildman–Crippen MR) is 123 cm³/mol. The topological polar surface area (TPSA) is 140 Å². The number of alkyl halides is 1. The number of carboxylic acid groups (broad SMARTS) is 1. The predicted octanol–water partition coefficient (Wildman–Crippen LogP) is 2.69. The molecule has 4 N–H and O–H groups in total. The van der Waals surface area contributed by atoms with Crippen LogP contribution in [-0.4, -0.2) is 74.4 Å². The quantitative estimate of drug-likeness (QED) is 0.331. The van der Waals surface area contributed by atoms with Crippen molar-refractivity contribution in [2.45, 2.75) is 18.6 Å². The number of carbonyl (C=O) groups is 1. The Bertz CT molecular complexity index is 1230. The van der Waals surface area contributed by atoms with Crippen molar-refractivity contribution in [3.8, 4) is 28.1 Å². The number of nitrogens with one attached hydrogen (secondary N) is 2. The average Bonchev–Trinajstić information content (AvgIpc) is 3.49. The number of thiazole rings is 1. The second kappa shape index (κ2) is 9.88. The summed E-state index contributed by atoms with van der Waals surface area (Å²) in [6.45, 7) is 0.899. The maximum atomic E-state index is 14.3. The molecule has 1 aliphatic rings. The molecule has 1 saturated heterocycles. The number of nitrogens with zero attached hydrogens (tertiary/aromatic N) is 5. The van der Waals surface area contributed by atoms with Crippen LogP contribution < -0.4 is 10.2 Å². The second-order valence-corrected chi connectivity index (χ2v) is 8.43. The Morgan fingerprint density at radius 2 is 2.09 bits per heavy atom. The molecule has 0 spiro atoms. The number of hydrogen-bond acceptors (Lipinski definition) is 9. The molecule has 4 aromatic rings. The lowest BCUT2D eigenvalue weighted by atomic mass is 10.0. The number of halogens is 1. The number of H-pyrrole nitrogens is 1. The van der Waals surface area contributed by atoms with Crippen LogP contribution in [0.2, 0.25) is 0 Å². The molecule has 5 rings (SSSR count). The fraction of sp³-hybridized carbons (Fsp3) is 0.286. The molecule has 0 amide bonds. The Morgan fingerprint density at radius 1 is 1.27 bits per heavy atom. The van der Waals surface area contributed by atoms with Gasteiger partial charge in [-0.2, -0.15) is 10.1 Å². The van der Waals surface area contributed by atoms with Crippen LogP contribution in [0, 0.1) is 0 Å². The van der Waals surface area contributed by atoms with E-state index in [9.17, 15) is 9.50 Å². The van der Waals surface area contributed by atoms with Gasteiger partial charge >= 0.3 is 0 Å². The molecule has 12 heteroatoms.